The molecule has 1 aromatic carbocycles. The first-order valence-electron chi connectivity index (χ1n) is 5.77. The molecule has 104 valence electrons. The van der Waals surface area contributed by atoms with E-state index < -0.39 is 5.97 Å². The lowest BCUT2D eigenvalue weighted by Crippen LogP contribution is -2.20. The van der Waals surface area contributed by atoms with Crippen molar-refractivity contribution in [3.63, 3.8) is 0 Å². The lowest BCUT2D eigenvalue weighted by Gasteiger charge is -2.05. The van der Waals surface area contributed by atoms with E-state index in [1.54, 1.807) is 17.5 Å². The molecule has 0 spiro atoms. The molecule has 1 aromatic heterocycles. The molecule has 20 heavy (non-hydrogen) atoms. The Balaban J connectivity index is 1.82. The van der Waals surface area contributed by atoms with Crippen LogP contribution in [0.15, 0.2) is 35.7 Å². The van der Waals surface area contributed by atoms with Gasteiger partial charge in [0.1, 0.15) is 5.75 Å². The van der Waals surface area contributed by atoms with Crippen LogP contribution in [0, 0.1) is 0 Å². The number of hydrogen-bond acceptors (Lipinski definition) is 5. The number of ether oxygens (including phenoxy) is 1. The van der Waals surface area contributed by atoms with Crippen LogP contribution in [0.25, 0.3) is 0 Å². The first-order valence-corrected chi connectivity index (χ1v) is 6.65. The van der Waals surface area contributed by atoms with E-state index in [0.29, 0.717) is 16.6 Å². The van der Waals surface area contributed by atoms with Crippen LogP contribution < -0.4 is 10.1 Å². The van der Waals surface area contributed by atoms with E-state index in [4.69, 9.17) is 9.84 Å². The van der Waals surface area contributed by atoms with Crippen molar-refractivity contribution in [1.29, 1.82) is 0 Å². The number of anilines is 1. The van der Waals surface area contributed by atoms with Crippen LogP contribution in [0.3, 0.4) is 0 Å². The van der Waals surface area contributed by atoms with Crippen molar-refractivity contribution in [3.8, 4) is 5.75 Å². The summed E-state index contributed by atoms with van der Waals surface area (Å²) in [6, 6.07) is 8.98. The van der Waals surface area contributed by atoms with Crippen LogP contribution in [0.5, 0.6) is 5.75 Å². The molecular formula is C13H12N2O4S. The van der Waals surface area contributed by atoms with Gasteiger partial charge in [0, 0.05) is 5.38 Å². The van der Waals surface area contributed by atoms with Crippen molar-refractivity contribution < 1.29 is 19.4 Å². The molecule has 0 radical (unpaired) electrons. The number of carboxylic acid groups (broad SMARTS) is 1. The van der Waals surface area contributed by atoms with Crippen molar-refractivity contribution in [2.24, 2.45) is 0 Å². The number of nitrogens with one attached hydrogen (secondary N) is 1. The molecule has 6 nitrogen and oxygen atoms in total. The summed E-state index contributed by atoms with van der Waals surface area (Å²) in [4.78, 5) is 26.1. The van der Waals surface area contributed by atoms with Gasteiger partial charge in [0.15, 0.2) is 11.7 Å². The largest absolute Gasteiger partial charge is 0.484 e. The van der Waals surface area contributed by atoms with Gasteiger partial charge in [-0.25, -0.2) is 4.98 Å². The van der Waals surface area contributed by atoms with E-state index in [2.05, 4.69) is 10.3 Å². The van der Waals surface area contributed by atoms with E-state index in [1.165, 1.54) is 11.3 Å². The monoisotopic (exact) mass is 292 g/mol. The molecule has 1 heterocycles. The van der Waals surface area contributed by atoms with Crippen LogP contribution in [-0.2, 0) is 16.0 Å². The standard InChI is InChI=1S/C13H12N2O4S/c16-11(7-19-10-4-2-1-3-5-10)15-13-14-9(8-20-13)6-12(17)18/h1-5,8H,6-7H2,(H,17,18)(H,14,15,16). The Kier molecular flexibility index (Phi) is 4.67. The Morgan fingerprint density at radius 1 is 1.30 bits per heavy atom. The van der Waals surface area contributed by atoms with Gasteiger partial charge in [0.05, 0.1) is 12.1 Å². The van der Waals surface area contributed by atoms with Gasteiger partial charge >= 0.3 is 5.97 Å². The van der Waals surface area contributed by atoms with Gasteiger partial charge in [-0.3, -0.25) is 14.9 Å². The van der Waals surface area contributed by atoms with Crippen LogP contribution in [0.4, 0.5) is 5.13 Å². The van der Waals surface area contributed by atoms with Gasteiger partial charge in [-0.05, 0) is 12.1 Å². The number of carboxylic acids is 1. The molecule has 7 heteroatoms. The minimum Gasteiger partial charge on any atom is -0.484 e. The second kappa shape index (κ2) is 6.67. The number of para-hydroxylation sites is 1. The predicted molar refractivity (Wildman–Crippen MR) is 74.0 cm³/mol. The maximum absolute atomic E-state index is 11.6. The third-order valence-electron chi connectivity index (χ3n) is 2.24. The zero-order valence-corrected chi connectivity index (χ0v) is 11.2. The molecule has 2 N–H and O–H groups in total. The number of nitrogens with zero attached hydrogens (tertiary/aromatic N) is 1. The van der Waals surface area contributed by atoms with Gasteiger partial charge in [-0.15, -0.1) is 11.3 Å². The van der Waals surface area contributed by atoms with Crippen LogP contribution >= 0.6 is 11.3 Å². The normalized spacial score (nSPS) is 10.0. The Morgan fingerprint density at radius 2 is 2.05 bits per heavy atom. The zero-order valence-electron chi connectivity index (χ0n) is 10.4. The van der Waals surface area contributed by atoms with Gasteiger partial charge in [0.25, 0.3) is 5.91 Å². The highest BCUT2D eigenvalue weighted by Gasteiger charge is 2.09. The van der Waals surface area contributed by atoms with Gasteiger partial charge in [-0.1, -0.05) is 18.2 Å². The van der Waals surface area contributed by atoms with E-state index in [1.807, 2.05) is 18.2 Å². The van der Waals surface area contributed by atoms with Gasteiger partial charge in [-0.2, -0.15) is 0 Å². The molecule has 2 rings (SSSR count). The first kappa shape index (κ1) is 14.0. The lowest BCUT2D eigenvalue weighted by atomic mass is 10.3. The van der Waals surface area contributed by atoms with E-state index in [-0.39, 0.29) is 18.9 Å². The number of aromatic nitrogens is 1. The summed E-state index contributed by atoms with van der Waals surface area (Å²) >= 11 is 1.18. The Labute approximate surface area is 119 Å². The van der Waals surface area contributed by atoms with Crippen molar-refractivity contribution in [2.45, 2.75) is 6.42 Å². The second-order valence-electron chi connectivity index (χ2n) is 3.86. The average molecular weight is 292 g/mol. The summed E-state index contributed by atoms with van der Waals surface area (Å²) in [5.74, 6) is -0.695. The molecule has 0 unspecified atom stereocenters. The topological polar surface area (TPSA) is 88.5 Å². The fraction of sp³-hybridized carbons (Fsp3) is 0.154. The molecule has 0 saturated carbocycles. The number of benzene rings is 1. The molecule has 2 aromatic rings. The Bertz CT molecular complexity index is 597. The highest BCUT2D eigenvalue weighted by atomic mass is 32.1. The highest BCUT2D eigenvalue weighted by Crippen LogP contribution is 2.16. The first-order chi connectivity index (χ1) is 9.63. The van der Waals surface area contributed by atoms with Gasteiger partial charge < -0.3 is 9.84 Å². The molecule has 0 saturated heterocycles. The molecule has 0 atom stereocenters. The Morgan fingerprint density at radius 3 is 2.75 bits per heavy atom. The number of carbonyl (C=O) groups excluding carboxylic acids is 1. The maximum atomic E-state index is 11.6. The predicted octanol–water partition coefficient (Wildman–Crippen LogP) is 1.79. The third kappa shape index (κ3) is 4.36. The third-order valence-corrected chi connectivity index (χ3v) is 3.05. The summed E-state index contributed by atoms with van der Waals surface area (Å²) in [5, 5.41) is 13.1. The van der Waals surface area contributed by atoms with Crippen molar-refractivity contribution >= 4 is 28.3 Å². The minimum atomic E-state index is -0.958. The summed E-state index contributed by atoms with van der Waals surface area (Å²) in [6.45, 7) is -0.127. The smallest absolute Gasteiger partial charge is 0.309 e. The number of hydrogen-bond donors (Lipinski definition) is 2. The number of carbonyl (C=O) groups is 2. The second-order valence-corrected chi connectivity index (χ2v) is 4.72. The average Bonchev–Trinajstić information content (AvgIpc) is 2.84. The van der Waals surface area contributed by atoms with Crippen LogP contribution in [0.2, 0.25) is 0 Å². The molecule has 0 aliphatic rings. The van der Waals surface area contributed by atoms with E-state index in [9.17, 15) is 9.59 Å². The lowest BCUT2D eigenvalue weighted by molar-refractivity contribution is -0.136. The molecule has 0 fully saturated rings. The molecule has 1 amide bonds. The van der Waals surface area contributed by atoms with Crippen molar-refractivity contribution in [2.75, 3.05) is 11.9 Å². The fourth-order valence-electron chi connectivity index (χ4n) is 1.42. The number of amides is 1. The van der Waals surface area contributed by atoms with E-state index >= 15 is 0 Å². The summed E-state index contributed by atoms with van der Waals surface area (Å²) in [6.07, 6.45) is -0.160. The zero-order chi connectivity index (χ0) is 14.4. The molecule has 0 aliphatic carbocycles. The number of rotatable bonds is 6. The van der Waals surface area contributed by atoms with Crippen molar-refractivity contribution in [3.05, 3.63) is 41.4 Å². The minimum absolute atomic E-state index is 0.127. The fourth-order valence-corrected chi connectivity index (χ4v) is 2.15. The summed E-state index contributed by atoms with van der Waals surface area (Å²) in [5.41, 5.74) is 0.418. The number of thiazole rings is 1. The van der Waals surface area contributed by atoms with Crippen LogP contribution in [-0.4, -0.2) is 28.6 Å². The maximum Gasteiger partial charge on any atom is 0.309 e. The van der Waals surface area contributed by atoms with Gasteiger partial charge in [0.2, 0.25) is 0 Å². The molecular weight excluding hydrogens is 280 g/mol. The quantitative estimate of drug-likeness (QED) is 0.847. The van der Waals surface area contributed by atoms with Crippen molar-refractivity contribution in [1.82, 2.24) is 4.98 Å². The summed E-state index contributed by atoms with van der Waals surface area (Å²) in [7, 11) is 0. The van der Waals surface area contributed by atoms with E-state index in [0.717, 1.165) is 0 Å². The number of aliphatic carboxylic acids is 1. The summed E-state index contributed by atoms with van der Waals surface area (Å²) < 4.78 is 5.28. The SMILES string of the molecule is O=C(O)Cc1csc(NC(=O)COc2ccccc2)n1. The Hall–Kier alpha value is -2.41. The highest BCUT2D eigenvalue weighted by molar-refractivity contribution is 7.13. The van der Waals surface area contributed by atoms with Crippen LogP contribution in [0.1, 0.15) is 5.69 Å². The molecule has 0 aliphatic heterocycles. The molecule has 0 bridgehead atoms.